The normalized spacial score (nSPS) is 11.7. The Labute approximate surface area is 192 Å². The van der Waals surface area contributed by atoms with E-state index in [2.05, 4.69) is 15.3 Å². The van der Waals surface area contributed by atoms with Crippen molar-refractivity contribution >= 4 is 34.1 Å². The number of aromatic nitrogens is 3. The first-order valence-electron chi connectivity index (χ1n) is 10.1. The minimum Gasteiger partial charge on any atom is -0.487 e. The van der Waals surface area contributed by atoms with Gasteiger partial charge in [-0.05, 0) is 48.4 Å². The van der Waals surface area contributed by atoms with Crippen molar-refractivity contribution in [2.24, 2.45) is 0 Å². The number of benzene rings is 2. The Bertz CT molecular complexity index is 1240. The Morgan fingerprint density at radius 2 is 1.85 bits per heavy atom. The van der Waals surface area contributed by atoms with Gasteiger partial charge in [-0.3, -0.25) is 0 Å². The first-order chi connectivity index (χ1) is 15.8. The molecule has 4 rings (SSSR count). The van der Waals surface area contributed by atoms with Crippen LogP contribution in [0.4, 0.5) is 24.7 Å². The van der Waals surface area contributed by atoms with Gasteiger partial charge in [0.05, 0.1) is 16.1 Å². The van der Waals surface area contributed by atoms with Gasteiger partial charge in [0.25, 0.3) is 0 Å². The molecule has 0 aliphatic heterocycles. The number of nitrogens with zero attached hydrogens (tertiary/aromatic N) is 3. The number of anilines is 2. The van der Waals surface area contributed by atoms with Crippen LogP contribution in [0.2, 0.25) is 5.02 Å². The summed E-state index contributed by atoms with van der Waals surface area (Å²) in [5, 5.41) is 12.7. The lowest BCUT2D eigenvalue weighted by molar-refractivity contribution is -0.137. The zero-order chi connectivity index (χ0) is 23.4. The number of aryl methyl sites for hydroxylation is 1. The highest BCUT2D eigenvalue weighted by Gasteiger charge is 2.29. The molecule has 33 heavy (non-hydrogen) atoms. The monoisotopic (exact) mass is 476 g/mol. The van der Waals surface area contributed by atoms with E-state index in [0.29, 0.717) is 40.8 Å². The van der Waals surface area contributed by atoms with Gasteiger partial charge < -0.3 is 19.7 Å². The standard InChI is InChI=1S/C23H20ClF3N4O2/c24-18-12-17(30-22-21-19(28-14-29-22)8-10-31(21)9-1-11-32)6-7-20(18)33-13-15-2-4-16(5-3-15)23(25,26)27/h2-8,10,12,14,32H,1,9,11,13H2,(H,28,29,30). The Balaban J connectivity index is 1.46. The fourth-order valence-electron chi connectivity index (χ4n) is 3.33. The number of hydrogen-bond acceptors (Lipinski definition) is 5. The molecular formula is C23H20ClF3N4O2. The predicted molar refractivity (Wildman–Crippen MR) is 120 cm³/mol. The molecule has 2 aromatic carbocycles. The molecule has 0 amide bonds. The number of nitrogens with one attached hydrogen (secondary N) is 1. The van der Waals surface area contributed by atoms with Crippen LogP contribution in [0, 0.1) is 0 Å². The Morgan fingerprint density at radius 3 is 2.55 bits per heavy atom. The largest absolute Gasteiger partial charge is 0.487 e. The maximum atomic E-state index is 12.7. The van der Waals surface area contributed by atoms with Gasteiger partial charge in [-0.2, -0.15) is 13.2 Å². The molecule has 0 saturated carbocycles. The molecule has 0 atom stereocenters. The molecule has 6 nitrogen and oxygen atoms in total. The molecule has 0 aliphatic rings. The van der Waals surface area contributed by atoms with Gasteiger partial charge in [0, 0.05) is 25.0 Å². The molecule has 4 aromatic rings. The Morgan fingerprint density at radius 1 is 1.06 bits per heavy atom. The number of fused-ring (bicyclic) bond motifs is 1. The average Bonchev–Trinajstić information content (AvgIpc) is 3.21. The van der Waals surface area contributed by atoms with E-state index in [1.807, 2.05) is 16.8 Å². The quantitative estimate of drug-likeness (QED) is 0.336. The van der Waals surface area contributed by atoms with Crippen LogP contribution in [-0.4, -0.2) is 26.2 Å². The smallest absolute Gasteiger partial charge is 0.416 e. The number of alkyl halides is 3. The lowest BCUT2D eigenvalue weighted by Gasteiger charge is -2.13. The number of hydrogen-bond donors (Lipinski definition) is 2. The van der Waals surface area contributed by atoms with Crippen LogP contribution < -0.4 is 10.1 Å². The molecule has 0 unspecified atom stereocenters. The van der Waals surface area contributed by atoms with E-state index in [4.69, 9.17) is 21.4 Å². The van der Waals surface area contributed by atoms with Crippen molar-refractivity contribution in [2.75, 3.05) is 11.9 Å². The summed E-state index contributed by atoms with van der Waals surface area (Å²) in [5.74, 6) is 0.999. The average molecular weight is 477 g/mol. The zero-order valence-electron chi connectivity index (χ0n) is 17.3. The molecule has 2 heterocycles. The molecule has 10 heteroatoms. The molecule has 2 N–H and O–H groups in total. The first-order valence-corrected chi connectivity index (χ1v) is 10.5. The van der Waals surface area contributed by atoms with Crippen molar-refractivity contribution < 1.29 is 23.0 Å². The van der Waals surface area contributed by atoms with Crippen LogP contribution >= 0.6 is 11.6 Å². The predicted octanol–water partition coefficient (Wildman–Crippen LogP) is 5.81. The minimum absolute atomic E-state index is 0.0789. The van der Waals surface area contributed by atoms with E-state index in [-0.39, 0.29) is 13.2 Å². The molecular weight excluding hydrogens is 457 g/mol. The number of ether oxygens (including phenoxy) is 1. The van der Waals surface area contributed by atoms with Gasteiger partial charge in [0.1, 0.15) is 24.2 Å². The fourth-order valence-corrected chi connectivity index (χ4v) is 3.57. The summed E-state index contributed by atoms with van der Waals surface area (Å²) in [6, 6.07) is 11.8. The highest BCUT2D eigenvalue weighted by molar-refractivity contribution is 6.32. The van der Waals surface area contributed by atoms with Crippen molar-refractivity contribution in [1.29, 1.82) is 0 Å². The second-order valence-corrected chi connectivity index (χ2v) is 7.70. The number of rotatable bonds is 8. The third-order valence-corrected chi connectivity index (χ3v) is 5.27. The van der Waals surface area contributed by atoms with Crippen LogP contribution in [0.1, 0.15) is 17.5 Å². The van der Waals surface area contributed by atoms with E-state index in [0.717, 1.165) is 23.2 Å². The molecule has 172 valence electrons. The van der Waals surface area contributed by atoms with Crippen molar-refractivity contribution in [3.8, 4) is 5.75 Å². The number of aliphatic hydroxyl groups is 1. The molecule has 2 aromatic heterocycles. The van der Waals surface area contributed by atoms with Crippen molar-refractivity contribution in [2.45, 2.75) is 25.7 Å². The number of halogens is 4. The molecule has 0 saturated heterocycles. The van der Waals surface area contributed by atoms with E-state index >= 15 is 0 Å². The summed E-state index contributed by atoms with van der Waals surface area (Å²) in [4.78, 5) is 8.61. The summed E-state index contributed by atoms with van der Waals surface area (Å²) >= 11 is 6.36. The summed E-state index contributed by atoms with van der Waals surface area (Å²) in [5.41, 5.74) is 2.14. The fraction of sp³-hybridized carbons (Fsp3) is 0.217. The maximum absolute atomic E-state index is 12.7. The molecule has 0 fully saturated rings. The number of aliphatic hydroxyl groups excluding tert-OH is 1. The maximum Gasteiger partial charge on any atom is 0.416 e. The summed E-state index contributed by atoms with van der Waals surface area (Å²) in [6.07, 6.45) is -0.411. The third kappa shape index (κ3) is 5.37. The van der Waals surface area contributed by atoms with E-state index in [1.165, 1.54) is 18.5 Å². The summed E-state index contributed by atoms with van der Waals surface area (Å²) in [7, 11) is 0. The van der Waals surface area contributed by atoms with Crippen LogP contribution in [-0.2, 0) is 19.3 Å². The second kappa shape index (κ2) is 9.68. The Kier molecular flexibility index (Phi) is 6.71. The molecule has 0 bridgehead atoms. The van der Waals surface area contributed by atoms with Crippen LogP contribution in [0.25, 0.3) is 11.0 Å². The van der Waals surface area contributed by atoms with Gasteiger partial charge in [0.2, 0.25) is 0 Å². The van der Waals surface area contributed by atoms with Crippen molar-refractivity contribution in [1.82, 2.24) is 14.5 Å². The summed E-state index contributed by atoms with van der Waals surface area (Å²) in [6.45, 7) is 0.786. The lowest BCUT2D eigenvalue weighted by Crippen LogP contribution is -2.05. The SMILES string of the molecule is OCCCn1ccc2ncnc(Nc3ccc(OCc4ccc(C(F)(F)F)cc4)c(Cl)c3)c21. The van der Waals surface area contributed by atoms with Gasteiger partial charge in [-0.25, -0.2) is 9.97 Å². The van der Waals surface area contributed by atoms with Crippen LogP contribution in [0.15, 0.2) is 61.1 Å². The Hall–Kier alpha value is -3.30. The van der Waals surface area contributed by atoms with Crippen molar-refractivity contribution in [3.05, 3.63) is 77.2 Å². The highest BCUT2D eigenvalue weighted by atomic mass is 35.5. The zero-order valence-corrected chi connectivity index (χ0v) is 18.1. The highest BCUT2D eigenvalue weighted by Crippen LogP contribution is 2.32. The van der Waals surface area contributed by atoms with Gasteiger partial charge in [0.15, 0.2) is 5.82 Å². The molecule has 0 radical (unpaired) electrons. The van der Waals surface area contributed by atoms with Gasteiger partial charge in [-0.15, -0.1) is 0 Å². The van der Waals surface area contributed by atoms with Gasteiger partial charge in [-0.1, -0.05) is 23.7 Å². The third-order valence-electron chi connectivity index (χ3n) is 4.98. The van der Waals surface area contributed by atoms with Crippen molar-refractivity contribution in [3.63, 3.8) is 0 Å². The van der Waals surface area contributed by atoms with Gasteiger partial charge >= 0.3 is 6.18 Å². The summed E-state index contributed by atoms with van der Waals surface area (Å²) < 4.78 is 45.7. The van der Waals surface area contributed by atoms with E-state index in [9.17, 15) is 13.2 Å². The van der Waals surface area contributed by atoms with E-state index < -0.39 is 11.7 Å². The molecule has 0 spiro atoms. The minimum atomic E-state index is -4.37. The first kappa shape index (κ1) is 22.9. The topological polar surface area (TPSA) is 72.2 Å². The second-order valence-electron chi connectivity index (χ2n) is 7.30. The van der Waals surface area contributed by atoms with Crippen LogP contribution in [0.5, 0.6) is 5.75 Å². The van der Waals surface area contributed by atoms with Crippen LogP contribution in [0.3, 0.4) is 0 Å². The molecule has 0 aliphatic carbocycles. The van der Waals surface area contributed by atoms with E-state index in [1.54, 1.807) is 18.2 Å². The lowest BCUT2D eigenvalue weighted by atomic mass is 10.1.